The van der Waals surface area contributed by atoms with E-state index in [0.717, 1.165) is 16.5 Å². The molecule has 1 unspecified atom stereocenters. The molecule has 128 valence electrons. The van der Waals surface area contributed by atoms with E-state index in [0.29, 0.717) is 5.69 Å². The number of hydrogen-bond acceptors (Lipinski definition) is 2. The molecule has 0 bridgehead atoms. The zero-order valence-corrected chi connectivity index (χ0v) is 13.1. The number of amides is 2. The Balaban J connectivity index is 1.69. The van der Waals surface area contributed by atoms with Gasteiger partial charge in [0.1, 0.15) is 11.9 Å². The van der Waals surface area contributed by atoms with Gasteiger partial charge in [0, 0.05) is 29.2 Å². The van der Waals surface area contributed by atoms with Crippen molar-refractivity contribution < 1.29 is 19.1 Å². The lowest BCUT2D eigenvalue weighted by molar-refractivity contribution is -0.139. The number of urea groups is 1. The maximum atomic E-state index is 12.9. The molecule has 0 spiro atoms. The number of nitrogens with one attached hydrogen (secondary N) is 3. The minimum absolute atomic E-state index is 0.135. The number of carboxylic acids is 1. The summed E-state index contributed by atoms with van der Waals surface area (Å²) in [7, 11) is 0. The highest BCUT2D eigenvalue weighted by Gasteiger charge is 2.22. The first-order chi connectivity index (χ1) is 12.0. The second kappa shape index (κ2) is 7.04. The molecule has 6 nitrogen and oxygen atoms in total. The molecule has 0 fully saturated rings. The van der Waals surface area contributed by atoms with Crippen molar-refractivity contribution in [1.82, 2.24) is 10.3 Å². The van der Waals surface area contributed by atoms with E-state index < -0.39 is 23.9 Å². The maximum Gasteiger partial charge on any atom is 0.326 e. The number of carbonyl (C=O) groups excluding carboxylic acids is 1. The van der Waals surface area contributed by atoms with Crippen molar-refractivity contribution in [2.24, 2.45) is 0 Å². The molecule has 0 saturated carbocycles. The Morgan fingerprint density at radius 2 is 1.84 bits per heavy atom. The summed E-state index contributed by atoms with van der Waals surface area (Å²) in [4.78, 5) is 26.6. The predicted molar refractivity (Wildman–Crippen MR) is 92.0 cm³/mol. The lowest BCUT2D eigenvalue weighted by Crippen LogP contribution is -2.44. The highest BCUT2D eigenvalue weighted by molar-refractivity contribution is 5.92. The number of H-pyrrole nitrogens is 1. The number of benzene rings is 2. The monoisotopic (exact) mass is 341 g/mol. The van der Waals surface area contributed by atoms with Crippen LogP contribution >= 0.6 is 0 Å². The number of carbonyl (C=O) groups is 2. The van der Waals surface area contributed by atoms with Crippen molar-refractivity contribution in [3.63, 3.8) is 0 Å². The van der Waals surface area contributed by atoms with Crippen LogP contribution in [0, 0.1) is 5.82 Å². The molecule has 3 aromatic rings. The van der Waals surface area contributed by atoms with E-state index in [9.17, 15) is 19.1 Å². The van der Waals surface area contributed by atoms with Gasteiger partial charge in [-0.15, -0.1) is 0 Å². The highest BCUT2D eigenvalue weighted by atomic mass is 19.1. The molecule has 3 rings (SSSR count). The van der Waals surface area contributed by atoms with Gasteiger partial charge in [-0.3, -0.25) is 0 Å². The van der Waals surface area contributed by atoms with Crippen LogP contribution < -0.4 is 10.6 Å². The second-order valence-electron chi connectivity index (χ2n) is 5.56. The van der Waals surface area contributed by atoms with Gasteiger partial charge in [0.05, 0.1) is 0 Å². The first kappa shape index (κ1) is 16.5. The summed E-state index contributed by atoms with van der Waals surface area (Å²) in [6, 6.07) is 11.0. The van der Waals surface area contributed by atoms with Gasteiger partial charge < -0.3 is 20.7 Å². The molecule has 0 aliphatic rings. The minimum atomic E-state index is -1.14. The fourth-order valence-corrected chi connectivity index (χ4v) is 2.58. The van der Waals surface area contributed by atoms with E-state index in [1.807, 2.05) is 24.3 Å². The summed E-state index contributed by atoms with van der Waals surface area (Å²) in [5, 5.41) is 15.2. The van der Waals surface area contributed by atoms with Crippen LogP contribution in [0.2, 0.25) is 0 Å². The Morgan fingerprint density at radius 1 is 1.12 bits per heavy atom. The third kappa shape index (κ3) is 3.95. The molecule has 2 aromatic carbocycles. The van der Waals surface area contributed by atoms with Crippen LogP contribution in [-0.4, -0.2) is 28.1 Å². The van der Waals surface area contributed by atoms with Crippen molar-refractivity contribution in [1.29, 1.82) is 0 Å². The largest absolute Gasteiger partial charge is 0.480 e. The number of para-hydroxylation sites is 1. The van der Waals surface area contributed by atoms with Gasteiger partial charge >= 0.3 is 12.0 Å². The van der Waals surface area contributed by atoms with Gasteiger partial charge in [-0.05, 0) is 35.9 Å². The fraction of sp³-hybridized carbons (Fsp3) is 0.111. The number of aromatic amines is 1. The van der Waals surface area contributed by atoms with E-state index in [2.05, 4.69) is 15.6 Å². The number of carboxylic acid groups (broad SMARTS) is 1. The van der Waals surface area contributed by atoms with Crippen molar-refractivity contribution in [3.05, 3.63) is 66.1 Å². The van der Waals surface area contributed by atoms with Crippen LogP contribution in [0.25, 0.3) is 10.9 Å². The van der Waals surface area contributed by atoms with Gasteiger partial charge in [0.25, 0.3) is 0 Å². The Hall–Kier alpha value is -3.35. The maximum absolute atomic E-state index is 12.9. The highest BCUT2D eigenvalue weighted by Crippen LogP contribution is 2.19. The third-order valence-electron chi connectivity index (χ3n) is 3.80. The normalized spacial score (nSPS) is 11.9. The smallest absolute Gasteiger partial charge is 0.326 e. The summed E-state index contributed by atoms with van der Waals surface area (Å²) in [5.41, 5.74) is 2.07. The van der Waals surface area contributed by atoms with E-state index in [1.54, 1.807) is 6.20 Å². The Labute approximate surface area is 142 Å². The summed E-state index contributed by atoms with van der Waals surface area (Å²) in [6.45, 7) is 0. The van der Waals surface area contributed by atoms with Crippen LogP contribution in [0.3, 0.4) is 0 Å². The molecule has 1 atom stereocenters. The molecule has 1 aromatic heterocycles. The summed E-state index contributed by atoms with van der Waals surface area (Å²) >= 11 is 0. The van der Waals surface area contributed by atoms with Gasteiger partial charge in [-0.25, -0.2) is 14.0 Å². The van der Waals surface area contributed by atoms with Crippen LogP contribution in [0.1, 0.15) is 5.56 Å². The van der Waals surface area contributed by atoms with Gasteiger partial charge in [0.2, 0.25) is 0 Å². The van der Waals surface area contributed by atoms with Crippen molar-refractivity contribution >= 4 is 28.6 Å². The topological polar surface area (TPSA) is 94.2 Å². The number of rotatable bonds is 5. The zero-order chi connectivity index (χ0) is 17.8. The van der Waals surface area contributed by atoms with Gasteiger partial charge in [-0.1, -0.05) is 18.2 Å². The van der Waals surface area contributed by atoms with Gasteiger partial charge in [-0.2, -0.15) is 0 Å². The molecule has 7 heteroatoms. The Kier molecular flexibility index (Phi) is 4.65. The fourth-order valence-electron chi connectivity index (χ4n) is 2.58. The Bertz CT molecular complexity index is 905. The first-order valence-electron chi connectivity index (χ1n) is 7.64. The molecule has 0 aliphatic heterocycles. The molecule has 0 saturated heterocycles. The van der Waals surface area contributed by atoms with Gasteiger partial charge in [0.15, 0.2) is 0 Å². The summed E-state index contributed by atoms with van der Waals surface area (Å²) < 4.78 is 12.9. The quantitative estimate of drug-likeness (QED) is 0.574. The zero-order valence-electron chi connectivity index (χ0n) is 13.1. The number of fused-ring (bicyclic) bond motifs is 1. The summed E-state index contributed by atoms with van der Waals surface area (Å²) in [6.07, 6.45) is 1.87. The number of aromatic nitrogens is 1. The number of anilines is 1. The molecular formula is C18H16FN3O3. The minimum Gasteiger partial charge on any atom is -0.480 e. The van der Waals surface area contributed by atoms with E-state index in [-0.39, 0.29) is 6.42 Å². The Morgan fingerprint density at radius 3 is 2.56 bits per heavy atom. The number of hydrogen-bond donors (Lipinski definition) is 4. The van der Waals surface area contributed by atoms with Crippen LogP contribution in [0.15, 0.2) is 54.7 Å². The number of halogens is 1. The molecular weight excluding hydrogens is 325 g/mol. The average Bonchev–Trinajstić information content (AvgIpc) is 2.99. The van der Waals surface area contributed by atoms with Crippen molar-refractivity contribution in [2.75, 3.05) is 5.32 Å². The third-order valence-corrected chi connectivity index (χ3v) is 3.80. The van der Waals surface area contributed by atoms with Crippen LogP contribution in [0.4, 0.5) is 14.9 Å². The van der Waals surface area contributed by atoms with E-state index in [4.69, 9.17) is 0 Å². The first-order valence-corrected chi connectivity index (χ1v) is 7.64. The van der Waals surface area contributed by atoms with Crippen LogP contribution in [-0.2, 0) is 11.2 Å². The lowest BCUT2D eigenvalue weighted by Gasteiger charge is -2.15. The SMILES string of the molecule is O=C(Nc1ccc(F)cc1)NC(Cc1c[nH]c2ccccc12)C(=O)O. The molecule has 0 radical (unpaired) electrons. The standard InChI is InChI=1S/C18H16FN3O3/c19-12-5-7-13(8-6-12)21-18(25)22-16(17(23)24)9-11-10-20-15-4-2-1-3-14(11)15/h1-8,10,16,20H,9H2,(H,23,24)(H2,21,22,25). The molecule has 1 heterocycles. The summed E-state index contributed by atoms with van der Waals surface area (Å²) in [5.74, 6) is -1.56. The number of aliphatic carboxylic acids is 1. The molecule has 2 amide bonds. The average molecular weight is 341 g/mol. The molecule has 0 aliphatic carbocycles. The van der Waals surface area contributed by atoms with Crippen LogP contribution in [0.5, 0.6) is 0 Å². The molecule has 25 heavy (non-hydrogen) atoms. The van der Waals surface area contributed by atoms with E-state index >= 15 is 0 Å². The second-order valence-corrected chi connectivity index (χ2v) is 5.56. The van der Waals surface area contributed by atoms with E-state index in [1.165, 1.54) is 24.3 Å². The molecule has 4 N–H and O–H groups in total. The van der Waals surface area contributed by atoms with Crippen molar-refractivity contribution in [2.45, 2.75) is 12.5 Å². The lowest BCUT2D eigenvalue weighted by atomic mass is 10.1. The predicted octanol–water partition coefficient (Wildman–Crippen LogP) is 3.12. The van der Waals surface area contributed by atoms with Crippen molar-refractivity contribution in [3.8, 4) is 0 Å².